The summed E-state index contributed by atoms with van der Waals surface area (Å²) in [5, 5.41) is 3.91. The van der Waals surface area contributed by atoms with Crippen LogP contribution in [-0.2, 0) is 0 Å². The van der Waals surface area contributed by atoms with Crippen LogP contribution in [0, 0.1) is 0 Å². The minimum atomic E-state index is -0.281. The van der Waals surface area contributed by atoms with Gasteiger partial charge in [0, 0.05) is 28.4 Å². The molecule has 2 aromatic carbocycles. The normalized spacial score (nSPS) is 17.7. The van der Waals surface area contributed by atoms with E-state index in [1.54, 1.807) is 0 Å². The van der Waals surface area contributed by atoms with Crippen molar-refractivity contribution in [2.24, 2.45) is 0 Å². The van der Waals surface area contributed by atoms with Gasteiger partial charge < -0.3 is 10.2 Å². The number of halogens is 1. The van der Waals surface area contributed by atoms with Crippen LogP contribution in [0.15, 0.2) is 70.3 Å². The maximum Gasteiger partial charge on any atom is 0.193 e. The summed E-state index contributed by atoms with van der Waals surface area (Å²) in [5.74, 6) is 0.00991. The van der Waals surface area contributed by atoms with Gasteiger partial charge in [0.25, 0.3) is 0 Å². The van der Waals surface area contributed by atoms with Crippen molar-refractivity contribution >= 4 is 39.0 Å². The number of thiocarbonyl (C=S) groups is 1. The number of hydrogen-bond acceptors (Lipinski definition) is 2. The van der Waals surface area contributed by atoms with Gasteiger partial charge in [0.2, 0.25) is 0 Å². The number of nitrogens with one attached hydrogen (secondary N) is 1. The molecular formula is C19H17BrN2OS. The van der Waals surface area contributed by atoms with E-state index in [1.807, 2.05) is 73.5 Å². The Morgan fingerprint density at radius 1 is 1.12 bits per heavy atom. The van der Waals surface area contributed by atoms with E-state index in [1.165, 1.54) is 0 Å². The molecule has 3 nitrogen and oxygen atoms in total. The van der Waals surface area contributed by atoms with E-state index >= 15 is 0 Å². The van der Waals surface area contributed by atoms with Crippen molar-refractivity contribution in [3.63, 3.8) is 0 Å². The molecule has 2 aromatic rings. The zero-order chi connectivity index (χ0) is 17.3. The average Bonchev–Trinajstić information content (AvgIpc) is 2.60. The number of ketones is 1. The second-order valence-corrected chi connectivity index (χ2v) is 6.90. The number of nitrogens with zero attached hydrogens (tertiary/aromatic N) is 1. The Labute approximate surface area is 155 Å². The summed E-state index contributed by atoms with van der Waals surface area (Å²) >= 11 is 9.02. The molecule has 3 rings (SSSR count). The number of benzene rings is 2. The lowest BCUT2D eigenvalue weighted by molar-refractivity contribution is 0.102. The van der Waals surface area contributed by atoms with E-state index < -0.39 is 0 Å². The molecule has 0 spiro atoms. The largest absolute Gasteiger partial charge is 0.351 e. The SMILES string of the molecule is CC1=C(C(=O)c2ccccc2)C(c2ccccc2Br)NC(=S)N1C. The Morgan fingerprint density at radius 2 is 1.75 bits per heavy atom. The van der Waals surface area contributed by atoms with E-state index in [9.17, 15) is 4.79 Å². The van der Waals surface area contributed by atoms with Crippen molar-refractivity contribution in [3.05, 3.63) is 81.5 Å². The lowest BCUT2D eigenvalue weighted by atomic mass is 9.89. The molecule has 24 heavy (non-hydrogen) atoms. The number of hydrogen-bond donors (Lipinski definition) is 1. The summed E-state index contributed by atoms with van der Waals surface area (Å²) in [6, 6.07) is 16.9. The van der Waals surface area contributed by atoms with Gasteiger partial charge in [0.15, 0.2) is 10.9 Å². The lowest BCUT2D eigenvalue weighted by Gasteiger charge is -2.36. The molecule has 1 atom stereocenters. The summed E-state index contributed by atoms with van der Waals surface area (Å²) in [6.07, 6.45) is 0. The van der Waals surface area contributed by atoms with Crippen LogP contribution < -0.4 is 5.32 Å². The summed E-state index contributed by atoms with van der Waals surface area (Å²) in [4.78, 5) is 15.0. The third-order valence-electron chi connectivity index (χ3n) is 4.25. The van der Waals surface area contributed by atoms with Crippen LogP contribution in [0.25, 0.3) is 0 Å². The Balaban J connectivity index is 2.15. The van der Waals surface area contributed by atoms with E-state index in [0.717, 1.165) is 15.7 Å². The Morgan fingerprint density at radius 3 is 2.42 bits per heavy atom. The zero-order valence-corrected chi connectivity index (χ0v) is 15.8. The molecule has 122 valence electrons. The van der Waals surface area contributed by atoms with Crippen molar-refractivity contribution in [1.29, 1.82) is 0 Å². The molecular weight excluding hydrogens is 384 g/mol. The predicted octanol–water partition coefficient (Wildman–Crippen LogP) is 4.47. The molecule has 1 aliphatic rings. The second-order valence-electron chi connectivity index (χ2n) is 5.66. The van der Waals surface area contributed by atoms with Gasteiger partial charge in [-0.05, 0) is 30.8 Å². The highest BCUT2D eigenvalue weighted by atomic mass is 79.9. The predicted molar refractivity (Wildman–Crippen MR) is 104 cm³/mol. The summed E-state index contributed by atoms with van der Waals surface area (Å²) < 4.78 is 0.945. The molecule has 1 aliphatic heterocycles. The fourth-order valence-corrected chi connectivity index (χ4v) is 3.59. The van der Waals surface area contributed by atoms with Gasteiger partial charge in [-0.2, -0.15) is 0 Å². The highest BCUT2D eigenvalue weighted by Gasteiger charge is 2.33. The Kier molecular flexibility index (Phi) is 4.83. The highest BCUT2D eigenvalue weighted by molar-refractivity contribution is 9.10. The van der Waals surface area contributed by atoms with Crippen LogP contribution >= 0.6 is 28.1 Å². The van der Waals surface area contributed by atoms with Crippen LogP contribution in [-0.4, -0.2) is 22.8 Å². The molecule has 5 heteroatoms. The van der Waals surface area contributed by atoms with Gasteiger partial charge in [0.05, 0.1) is 6.04 Å². The molecule has 0 fully saturated rings. The van der Waals surface area contributed by atoms with Gasteiger partial charge >= 0.3 is 0 Å². The first kappa shape index (κ1) is 16.9. The molecule has 0 bridgehead atoms. The molecule has 1 N–H and O–H groups in total. The highest BCUT2D eigenvalue weighted by Crippen LogP contribution is 2.35. The molecule has 0 saturated carbocycles. The van der Waals surface area contributed by atoms with Gasteiger partial charge in [-0.1, -0.05) is 64.5 Å². The minimum Gasteiger partial charge on any atom is -0.351 e. The summed E-state index contributed by atoms with van der Waals surface area (Å²) in [6.45, 7) is 1.94. The summed E-state index contributed by atoms with van der Waals surface area (Å²) in [5.41, 5.74) is 3.25. The smallest absolute Gasteiger partial charge is 0.193 e. The molecule has 0 radical (unpaired) electrons. The third-order valence-corrected chi connectivity index (χ3v) is 5.36. The fraction of sp³-hybridized carbons (Fsp3) is 0.158. The number of allylic oxidation sites excluding steroid dienone is 1. The Hall–Kier alpha value is -1.98. The Bertz CT molecular complexity index is 832. The zero-order valence-electron chi connectivity index (χ0n) is 13.4. The van der Waals surface area contributed by atoms with Crippen LogP contribution in [0.2, 0.25) is 0 Å². The van der Waals surface area contributed by atoms with Crippen molar-refractivity contribution < 1.29 is 4.79 Å². The molecule has 0 aliphatic carbocycles. The quantitative estimate of drug-likeness (QED) is 0.608. The minimum absolute atomic E-state index is 0.00991. The summed E-state index contributed by atoms with van der Waals surface area (Å²) in [7, 11) is 1.87. The lowest BCUT2D eigenvalue weighted by Crippen LogP contribution is -2.45. The van der Waals surface area contributed by atoms with Gasteiger partial charge in [0.1, 0.15) is 0 Å². The first-order valence-corrected chi connectivity index (χ1v) is 8.80. The standard InChI is InChI=1S/C19H17BrN2OS/c1-12-16(18(23)13-8-4-3-5-9-13)17(21-19(24)22(12)2)14-10-6-7-11-15(14)20/h3-11,17H,1-2H3,(H,21,24). The van der Waals surface area contributed by atoms with Gasteiger partial charge in [-0.25, -0.2) is 0 Å². The third kappa shape index (κ3) is 3.01. The first-order valence-electron chi connectivity index (χ1n) is 7.60. The number of Topliss-reactive ketones (excluding diaryl/α,β-unsaturated/α-hetero) is 1. The van der Waals surface area contributed by atoms with Crippen molar-refractivity contribution in [2.75, 3.05) is 7.05 Å². The van der Waals surface area contributed by atoms with Crippen molar-refractivity contribution in [1.82, 2.24) is 10.2 Å². The number of carbonyl (C=O) groups is 1. The molecule has 1 heterocycles. The maximum absolute atomic E-state index is 13.2. The molecule has 0 aromatic heterocycles. The van der Waals surface area contributed by atoms with E-state index in [2.05, 4.69) is 21.2 Å². The topological polar surface area (TPSA) is 32.3 Å². The van der Waals surface area contributed by atoms with Crippen LogP contribution in [0.3, 0.4) is 0 Å². The molecule has 0 saturated heterocycles. The van der Waals surface area contributed by atoms with E-state index in [0.29, 0.717) is 16.2 Å². The van der Waals surface area contributed by atoms with Gasteiger partial charge in [-0.15, -0.1) is 0 Å². The van der Waals surface area contributed by atoms with Crippen molar-refractivity contribution in [2.45, 2.75) is 13.0 Å². The number of rotatable bonds is 3. The number of carbonyl (C=O) groups excluding carboxylic acids is 1. The fourth-order valence-electron chi connectivity index (χ4n) is 2.82. The van der Waals surface area contributed by atoms with Crippen LogP contribution in [0.5, 0.6) is 0 Å². The van der Waals surface area contributed by atoms with E-state index in [4.69, 9.17) is 12.2 Å². The van der Waals surface area contributed by atoms with Crippen LogP contribution in [0.1, 0.15) is 28.9 Å². The first-order chi connectivity index (χ1) is 11.5. The van der Waals surface area contributed by atoms with Gasteiger partial charge in [-0.3, -0.25) is 4.79 Å². The molecule has 1 unspecified atom stereocenters. The van der Waals surface area contributed by atoms with Crippen molar-refractivity contribution in [3.8, 4) is 0 Å². The second kappa shape index (κ2) is 6.87. The van der Waals surface area contributed by atoms with E-state index in [-0.39, 0.29) is 11.8 Å². The average molecular weight is 401 g/mol. The molecule has 0 amide bonds. The monoisotopic (exact) mass is 400 g/mol. The maximum atomic E-state index is 13.2. The van der Waals surface area contributed by atoms with Crippen LogP contribution in [0.4, 0.5) is 0 Å².